The van der Waals surface area contributed by atoms with E-state index in [1.165, 1.54) is 0 Å². The minimum Gasteiger partial charge on any atom is -0.495 e. The molecule has 1 aromatic carbocycles. The zero-order chi connectivity index (χ0) is 15.4. The van der Waals surface area contributed by atoms with Crippen LogP contribution in [-0.4, -0.2) is 30.4 Å². The van der Waals surface area contributed by atoms with E-state index in [1.807, 2.05) is 31.3 Å². The number of imidazole rings is 1. The highest BCUT2D eigenvalue weighted by atomic mass is 16.5. The third kappa shape index (κ3) is 3.55. The largest absolute Gasteiger partial charge is 0.495 e. The zero-order valence-corrected chi connectivity index (χ0v) is 13.3. The quantitative estimate of drug-likeness (QED) is 0.884. The van der Waals surface area contributed by atoms with Crippen molar-refractivity contribution >= 4 is 11.6 Å². The Kier molecular flexibility index (Phi) is 4.85. The summed E-state index contributed by atoms with van der Waals surface area (Å²) in [6.45, 7) is 6.77. The predicted molar refractivity (Wildman–Crippen MR) is 84.6 cm³/mol. The second kappa shape index (κ2) is 6.63. The SMILES string of the molecule is COCC(C)n1cc(C)nc1Nc1cc(C)ccc1OC. The minimum atomic E-state index is 0.203. The third-order valence-corrected chi connectivity index (χ3v) is 3.34. The van der Waals surface area contributed by atoms with Gasteiger partial charge in [0.25, 0.3) is 0 Å². The Morgan fingerprint density at radius 2 is 2.05 bits per heavy atom. The van der Waals surface area contributed by atoms with Gasteiger partial charge in [-0.05, 0) is 38.5 Å². The fourth-order valence-electron chi connectivity index (χ4n) is 2.31. The molecule has 0 bridgehead atoms. The maximum atomic E-state index is 5.40. The molecule has 0 saturated heterocycles. The van der Waals surface area contributed by atoms with E-state index in [4.69, 9.17) is 9.47 Å². The van der Waals surface area contributed by atoms with E-state index in [2.05, 4.69) is 28.7 Å². The lowest BCUT2D eigenvalue weighted by molar-refractivity contribution is 0.163. The van der Waals surface area contributed by atoms with Crippen LogP contribution in [0.15, 0.2) is 24.4 Å². The number of nitrogens with zero attached hydrogens (tertiary/aromatic N) is 2. The highest BCUT2D eigenvalue weighted by Gasteiger charge is 2.13. The third-order valence-electron chi connectivity index (χ3n) is 3.34. The van der Waals surface area contributed by atoms with Gasteiger partial charge in [0.15, 0.2) is 0 Å². The highest BCUT2D eigenvalue weighted by molar-refractivity contribution is 5.64. The number of aromatic nitrogens is 2. The fraction of sp³-hybridized carbons (Fsp3) is 0.438. The number of hydrogen-bond donors (Lipinski definition) is 1. The van der Waals surface area contributed by atoms with Gasteiger partial charge in [0.05, 0.1) is 31.1 Å². The van der Waals surface area contributed by atoms with Crippen LogP contribution in [0.3, 0.4) is 0 Å². The normalized spacial score (nSPS) is 12.2. The Morgan fingerprint density at radius 3 is 2.71 bits per heavy atom. The average Bonchev–Trinajstić information content (AvgIpc) is 2.80. The molecule has 5 heteroatoms. The van der Waals surface area contributed by atoms with Gasteiger partial charge in [-0.1, -0.05) is 6.07 Å². The lowest BCUT2D eigenvalue weighted by Gasteiger charge is -2.17. The van der Waals surface area contributed by atoms with Gasteiger partial charge >= 0.3 is 0 Å². The topological polar surface area (TPSA) is 48.3 Å². The second-order valence-corrected chi connectivity index (χ2v) is 5.25. The molecule has 1 N–H and O–H groups in total. The molecule has 0 aliphatic rings. The lowest BCUT2D eigenvalue weighted by atomic mass is 10.2. The minimum absolute atomic E-state index is 0.203. The molecule has 21 heavy (non-hydrogen) atoms. The summed E-state index contributed by atoms with van der Waals surface area (Å²) in [4.78, 5) is 4.56. The van der Waals surface area contributed by atoms with E-state index in [9.17, 15) is 0 Å². The number of rotatable bonds is 6. The summed E-state index contributed by atoms with van der Waals surface area (Å²) in [5.74, 6) is 1.59. The number of hydrogen-bond acceptors (Lipinski definition) is 4. The summed E-state index contributed by atoms with van der Waals surface area (Å²) in [6.07, 6.45) is 2.02. The lowest BCUT2D eigenvalue weighted by Crippen LogP contribution is -2.13. The Bertz CT molecular complexity index is 608. The second-order valence-electron chi connectivity index (χ2n) is 5.25. The maximum Gasteiger partial charge on any atom is 0.208 e. The van der Waals surface area contributed by atoms with Crippen molar-refractivity contribution in [2.75, 3.05) is 26.1 Å². The van der Waals surface area contributed by atoms with Crippen molar-refractivity contribution in [3.8, 4) is 5.75 Å². The zero-order valence-electron chi connectivity index (χ0n) is 13.3. The number of nitrogens with one attached hydrogen (secondary N) is 1. The van der Waals surface area contributed by atoms with E-state index in [-0.39, 0.29) is 6.04 Å². The molecule has 0 radical (unpaired) electrons. The van der Waals surface area contributed by atoms with Crippen LogP contribution >= 0.6 is 0 Å². The van der Waals surface area contributed by atoms with Crippen LogP contribution in [-0.2, 0) is 4.74 Å². The molecule has 114 valence electrons. The predicted octanol–water partition coefficient (Wildman–Crippen LogP) is 3.46. The Morgan fingerprint density at radius 1 is 1.29 bits per heavy atom. The van der Waals surface area contributed by atoms with Crippen molar-refractivity contribution in [3.05, 3.63) is 35.7 Å². The first-order valence-electron chi connectivity index (χ1n) is 7.01. The van der Waals surface area contributed by atoms with E-state index in [1.54, 1.807) is 14.2 Å². The molecule has 0 spiro atoms. The molecule has 0 amide bonds. The highest BCUT2D eigenvalue weighted by Crippen LogP contribution is 2.29. The van der Waals surface area contributed by atoms with Gasteiger partial charge in [0, 0.05) is 13.3 Å². The molecule has 1 aromatic heterocycles. The summed E-state index contributed by atoms with van der Waals surface area (Å²) < 4.78 is 12.7. The monoisotopic (exact) mass is 289 g/mol. The maximum absolute atomic E-state index is 5.40. The van der Waals surface area contributed by atoms with Crippen LogP contribution in [0, 0.1) is 13.8 Å². The van der Waals surface area contributed by atoms with Crippen molar-refractivity contribution < 1.29 is 9.47 Å². The van der Waals surface area contributed by atoms with E-state index in [0.717, 1.165) is 28.6 Å². The summed E-state index contributed by atoms with van der Waals surface area (Å²) >= 11 is 0. The summed E-state index contributed by atoms with van der Waals surface area (Å²) in [5, 5.41) is 3.36. The molecular weight excluding hydrogens is 266 g/mol. The number of benzene rings is 1. The van der Waals surface area contributed by atoms with Gasteiger partial charge in [-0.15, -0.1) is 0 Å². The van der Waals surface area contributed by atoms with Gasteiger partial charge in [-0.3, -0.25) is 0 Å². The van der Waals surface area contributed by atoms with Crippen molar-refractivity contribution in [2.45, 2.75) is 26.8 Å². The molecule has 0 fully saturated rings. The standard InChI is InChI=1S/C16H23N3O2/c1-11-6-7-15(21-5)14(8-11)18-16-17-12(2)9-19(16)13(3)10-20-4/h6-9,13H,10H2,1-5H3,(H,17,18). The van der Waals surface area contributed by atoms with Gasteiger partial charge in [0.1, 0.15) is 5.75 Å². The molecule has 0 saturated carbocycles. The van der Waals surface area contributed by atoms with Crippen molar-refractivity contribution in [3.63, 3.8) is 0 Å². The molecule has 2 aromatic rings. The Balaban J connectivity index is 2.33. The summed E-state index contributed by atoms with van der Waals surface area (Å²) in [6, 6.07) is 6.23. The molecule has 0 aliphatic carbocycles. The smallest absolute Gasteiger partial charge is 0.208 e. The van der Waals surface area contributed by atoms with Gasteiger partial charge < -0.3 is 19.4 Å². The van der Waals surface area contributed by atoms with Crippen LogP contribution in [0.4, 0.5) is 11.6 Å². The van der Waals surface area contributed by atoms with Crippen LogP contribution < -0.4 is 10.1 Å². The summed E-state index contributed by atoms with van der Waals surface area (Å²) in [7, 11) is 3.37. The van der Waals surface area contributed by atoms with Gasteiger partial charge in [0.2, 0.25) is 5.95 Å². The van der Waals surface area contributed by atoms with E-state index >= 15 is 0 Å². The van der Waals surface area contributed by atoms with Crippen LogP contribution in [0.1, 0.15) is 24.2 Å². The Labute approximate surface area is 125 Å². The molecule has 0 aliphatic heterocycles. The number of aryl methyl sites for hydroxylation is 2. The number of methoxy groups -OCH3 is 2. The number of ether oxygens (including phenoxy) is 2. The van der Waals surface area contributed by atoms with E-state index < -0.39 is 0 Å². The fourth-order valence-corrected chi connectivity index (χ4v) is 2.31. The first-order valence-corrected chi connectivity index (χ1v) is 7.01. The molecule has 1 heterocycles. The van der Waals surface area contributed by atoms with E-state index in [0.29, 0.717) is 6.61 Å². The summed E-state index contributed by atoms with van der Waals surface area (Å²) in [5.41, 5.74) is 3.04. The van der Waals surface area contributed by atoms with Gasteiger partial charge in [-0.25, -0.2) is 4.98 Å². The van der Waals surface area contributed by atoms with Gasteiger partial charge in [-0.2, -0.15) is 0 Å². The molecule has 5 nitrogen and oxygen atoms in total. The number of anilines is 2. The van der Waals surface area contributed by atoms with Crippen LogP contribution in [0.5, 0.6) is 5.75 Å². The first kappa shape index (κ1) is 15.4. The van der Waals surface area contributed by atoms with Crippen molar-refractivity contribution in [1.82, 2.24) is 9.55 Å². The Hall–Kier alpha value is -2.01. The molecular formula is C16H23N3O2. The van der Waals surface area contributed by atoms with Crippen molar-refractivity contribution in [2.24, 2.45) is 0 Å². The molecule has 1 unspecified atom stereocenters. The van der Waals surface area contributed by atoms with Crippen LogP contribution in [0.2, 0.25) is 0 Å². The van der Waals surface area contributed by atoms with Crippen molar-refractivity contribution in [1.29, 1.82) is 0 Å². The molecule has 1 atom stereocenters. The first-order chi connectivity index (χ1) is 10.0. The molecule has 2 rings (SSSR count). The van der Waals surface area contributed by atoms with Crippen LogP contribution in [0.25, 0.3) is 0 Å². The average molecular weight is 289 g/mol.